The van der Waals surface area contributed by atoms with Crippen LogP contribution in [0.1, 0.15) is 23.6 Å². The summed E-state index contributed by atoms with van der Waals surface area (Å²) in [6, 6.07) is 1.62. The van der Waals surface area contributed by atoms with Crippen LogP contribution in [0.5, 0.6) is 0 Å². The lowest BCUT2D eigenvalue weighted by atomic mass is 9.99. The highest BCUT2D eigenvalue weighted by atomic mass is 19.4. The van der Waals surface area contributed by atoms with Crippen molar-refractivity contribution in [2.75, 3.05) is 25.5 Å². The van der Waals surface area contributed by atoms with Crippen molar-refractivity contribution >= 4 is 11.8 Å². The zero-order valence-electron chi connectivity index (χ0n) is 14.5. The third-order valence-corrected chi connectivity index (χ3v) is 4.25. The van der Waals surface area contributed by atoms with Gasteiger partial charge in [-0.05, 0) is 26.3 Å². The molecule has 2 aromatic heterocycles. The summed E-state index contributed by atoms with van der Waals surface area (Å²) in [5, 5.41) is 6.31. The highest BCUT2D eigenvalue weighted by Gasteiger charge is 2.35. The maximum absolute atomic E-state index is 12.8. The number of aromatic nitrogens is 3. The van der Waals surface area contributed by atoms with Gasteiger partial charge in [0, 0.05) is 31.8 Å². The zero-order valence-corrected chi connectivity index (χ0v) is 14.5. The second-order valence-corrected chi connectivity index (χ2v) is 6.67. The van der Waals surface area contributed by atoms with Crippen LogP contribution < -0.4 is 5.32 Å². The van der Waals surface area contributed by atoms with Gasteiger partial charge in [0.1, 0.15) is 5.82 Å². The van der Waals surface area contributed by atoms with E-state index in [0.717, 1.165) is 12.6 Å². The normalized spacial score (nSPS) is 17.4. The Balaban J connectivity index is 1.51. The molecule has 7 nitrogen and oxygen atoms in total. The molecule has 0 radical (unpaired) electrons. The number of alkyl halides is 3. The van der Waals surface area contributed by atoms with Crippen LogP contribution in [-0.2, 0) is 23.9 Å². The van der Waals surface area contributed by atoms with Gasteiger partial charge in [0.05, 0.1) is 12.2 Å². The molecule has 3 heterocycles. The molecule has 0 aromatic carbocycles. The van der Waals surface area contributed by atoms with E-state index in [-0.39, 0.29) is 18.4 Å². The molecule has 1 aliphatic heterocycles. The molecule has 2 aromatic rings. The molecule has 0 fully saturated rings. The monoisotopic (exact) mass is 371 g/mol. The third kappa shape index (κ3) is 4.43. The number of imidazole rings is 1. The predicted octanol–water partition coefficient (Wildman–Crippen LogP) is 2.33. The minimum absolute atomic E-state index is 0.154. The Morgan fingerprint density at radius 2 is 2.27 bits per heavy atom. The number of rotatable bonds is 5. The van der Waals surface area contributed by atoms with Crippen LogP contribution in [0.25, 0.3) is 0 Å². The second kappa shape index (κ2) is 7.10. The van der Waals surface area contributed by atoms with Gasteiger partial charge in [-0.25, -0.2) is 4.98 Å². The minimum atomic E-state index is -4.42. The SMILES string of the molecule is Cc1cc(NC(=O)CN(C)C[C@@H]2CCc3nc(C(F)(F)F)cn3C2)on1. The van der Waals surface area contributed by atoms with Crippen LogP contribution in [0.4, 0.5) is 19.1 Å². The third-order valence-electron chi connectivity index (χ3n) is 4.25. The second-order valence-electron chi connectivity index (χ2n) is 6.67. The fourth-order valence-corrected chi connectivity index (χ4v) is 3.15. The average molecular weight is 371 g/mol. The lowest BCUT2D eigenvalue weighted by Gasteiger charge is -2.27. The van der Waals surface area contributed by atoms with E-state index >= 15 is 0 Å². The van der Waals surface area contributed by atoms with Gasteiger partial charge in [-0.2, -0.15) is 13.2 Å². The molecule has 3 rings (SSSR count). The quantitative estimate of drug-likeness (QED) is 0.873. The van der Waals surface area contributed by atoms with E-state index in [1.807, 2.05) is 4.90 Å². The highest BCUT2D eigenvalue weighted by Crippen LogP contribution is 2.30. The number of aryl methyl sites for hydroxylation is 2. The number of amides is 1. The maximum Gasteiger partial charge on any atom is 0.434 e. The number of anilines is 1. The summed E-state index contributed by atoms with van der Waals surface area (Å²) >= 11 is 0. The molecular formula is C16H20F3N5O2. The standard InChI is InChI=1S/C16H20F3N5O2/c1-10-5-15(26-22-10)21-14(25)9-23(2)6-11-3-4-13-20-12(16(17,18)19)8-24(13)7-11/h5,8,11H,3-4,6-7,9H2,1-2H3,(H,21,25)/t11-/m0/s1. The molecule has 0 saturated carbocycles. The van der Waals surface area contributed by atoms with Gasteiger partial charge in [-0.15, -0.1) is 0 Å². The minimum Gasteiger partial charge on any atom is -0.338 e. The fourth-order valence-electron chi connectivity index (χ4n) is 3.15. The molecule has 1 atom stereocenters. The summed E-state index contributed by atoms with van der Waals surface area (Å²) in [5.41, 5.74) is -0.173. The van der Waals surface area contributed by atoms with E-state index in [1.54, 1.807) is 24.6 Å². The van der Waals surface area contributed by atoms with Crippen LogP contribution in [0.2, 0.25) is 0 Å². The number of nitrogens with one attached hydrogen (secondary N) is 1. The Morgan fingerprint density at radius 1 is 1.50 bits per heavy atom. The first kappa shape index (κ1) is 18.4. The summed E-state index contributed by atoms with van der Waals surface area (Å²) in [5.74, 6) is 0.682. The van der Waals surface area contributed by atoms with E-state index in [2.05, 4.69) is 15.5 Å². The summed E-state index contributed by atoms with van der Waals surface area (Å²) in [6.45, 7) is 2.97. The van der Waals surface area contributed by atoms with E-state index in [4.69, 9.17) is 4.52 Å². The van der Waals surface area contributed by atoms with Gasteiger partial charge < -0.3 is 9.09 Å². The molecule has 1 amide bonds. The Hall–Kier alpha value is -2.36. The maximum atomic E-state index is 12.8. The van der Waals surface area contributed by atoms with Crippen LogP contribution in [0.15, 0.2) is 16.8 Å². The molecule has 0 spiro atoms. The Kier molecular flexibility index (Phi) is 5.03. The number of hydrogen-bond acceptors (Lipinski definition) is 5. The first-order chi connectivity index (χ1) is 12.2. The molecule has 10 heteroatoms. The molecule has 142 valence electrons. The Bertz CT molecular complexity index is 783. The van der Waals surface area contributed by atoms with Gasteiger partial charge in [-0.1, -0.05) is 5.16 Å². The van der Waals surface area contributed by atoms with Crippen molar-refractivity contribution in [3.8, 4) is 0 Å². The van der Waals surface area contributed by atoms with Crippen molar-refractivity contribution in [2.45, 2.75) is 32.5 Å². The van der Waals surface area contributed by atoms with Gasteiger partial charge in [0.25, 0.3) is 0 Å². The summed E-state index contributed by atoms with van der Waals surface area (Å²) < 4.78 is 44.8. The molecule has 0 bridgehead atoms. The number of carbonyl (C=O) groups excluding carboxylic acids is 1. The van der Waals surface area contributed by atoms with Crippen molar-refractivity contribution in [2.24, 2.45) is 5.92 Å². The number of fused-ring (bicyclic) bond motifs is 1. The number of halogens is 3. The molecule has 26 heavy (non-hydrogen) atoms. The van der Waals surface area contributed by atoms with Crippen LogP contribution in [-0.4, -0.2) is 45.7 Å². The van der Waals surface area contributed by atoms with E-state index in [0.29, 0.717) is 36.9 Å². The largest absolute Gasteiger partial charge is 0.434 e. The van der Waals surface area contributed by atoms with Gasteiger partial charge in [0.2, 0.25) is 11.8 Å². The number of hydrogen-bond donors (Lipinski definition) is 1. The van der Waals surface area contributed by atoms with Gasteiger partial charge >= 0.3 is 6.18 Å². The van der Waals surface area contributed by atoms with Crippen molar-refractivity contribution in [3.63, 3.8) is 0 Å². The van der Waals surface area contributed by atoms with E-state index in [9.17, 15) is 18.0 Å². The summed E-state index contributed by atoms with van der Waals surface area (Å²) in [4.78, 5) is 17.5. The van der Waals surface area contributed by atoms with Crippen LogP contribution in [0.3, 0.4) is 0 Å². The molecule has 1 N–H and O–H groups in total. The smallest absolute Gasteiger partial charge is 0.338 e. The number of carbonyl (C=O) groups is 1. The molecule has 1 aliphatic rings. The summed E-state index contributed by atoms with van der Waals surface area (Å²) in [6.07, 6.45) is -2.12. The van der Waals surface area contributed by atoms with Crippen molar-refractivity contribution in [3.05, 3.63) is 29.5 Å². The van der Waals surface area contributed by atoms with Gasteiger partial charge in [-0.3, -0.25) is 15.0 Å². The van der Waals surface area contributed by atoms with E-state index in [1.165, 1.54) is 0 Å². The van der Waals surface area contributed by atoms with Crippen molar-refractivity contribution in [1.82, 2.24) is 19.6 Å². The predicted molar refractivity (Wildman–Crippen MR) is 86.4 cm³/mol. The molecule has 0 unspecified atom stereocenters. The van der Waals surface area contributed by atoms with E-state index < -0.39 is 11.9 Å². The lowest BCUT2D eigenvalue weighted by molar-refractivity contribution is -0.141. The lowest BCUT2D eigenvalue weighted by Crippen LogP contribution is -2.36. The Morgan fingerprint density at radius 3 is 2.92 bits per heavy atom. The summed E-state index contributed by atoms with van der Waals surface area (Å²) in [7, 11) is 1.80. The average Bonchev–Trinajstić information content (AvgIpc) is 3.12. The molecular weight excluding hydrogens is 351 g/mol. The van der Waals surface area contributed by atoms with Crippen LogP contribution >= 0.6 is 0 Å². The number of nitrogens with zero attached hydrogens (tertiary/aromatic N) is 4. The first-order valence-electron chi connectivity index (χ1n) is 8.25. The highest BCUT2D eigenvalue weighted by molar-refractivity contribution is 5.90. The fraction of sp³-hybridized carbons (Fsp3) is 0.562. The van der Waals surface area contributed by atoms with Crippen LogP contribution in [0, 0.1) is 12.8 Å². The molecule has 0 saturated heterocycles. The first-order valence-corrected chi connectivity index (χ1v) is 8.25. The topological polar surface area (TPSA) is 76.2 Å². The zero-order chi connectivity index (χ0) is 18.9. The van der Waals surface area contributed by atoms with Crippen molar-refractivity contribution < 1.29 is 22.5 Å². The van der Waals surface area contributed by atoms with Crippen molar-refractivity contribution in [1.29, 1.82) is 0 Å². The Labute approximate surface area is 148 Å². The molecule has 0 aliphatic carbocycles. The van der Waals surface area contributed by atoms with Gasteiger partial charge in [0.15, 0.2) is 5.69 Å². The number of likely N-dealkylation sites (N-methyl/N-ethyl adjacent to an activating group) is 1.